The maximum Gasteiger partial charge on any atom is 0.178 e. The average Bonchev–Trinajstić information content (AvgIpc) is 3.51. The van der Waals surface area contributed by atoms with Gasteiger partial charge in [0.2, 0.25) is 0 Å². The number of hydrogen-bond acceptors (Lipinski definition) is 3. The number of hydrogen-bond donors (Lipinski definition) is 0. The lowest BCUT2D eigenvalue weighted by Crippen LogP contribution is -2.34. The maximum absolute atomic E-state index is 7.53. The van der Waals surface area contributed by atoms with Gasteiger partial charge in [-0.05, 0) is 88.3 Å². The Kier molecular flexibility index (Phi) is 7.10. The van der Waals surface area contributed by atoms with Crippen LogP contribution in [0.5, 0.6) is 11.5 Å². The van der Waals surface area contributed by atoms with Crippen molar-refractivity contribution >= 4 is 33.9 Å². The zero-order valence-corrected chi connectivity index (χ0v) is 28.4. The maximum atomic E-state index is 7.53. The van der Waals surface area contributed by atoms with E-state index < -0.39 is 5.60 Å². The number of nitrogens with zero attached hydrogens (tertiary/aromatic N) is 1. The molecule has 7 aromatic rings. The zero-order valence-electron chi connectivity index (χ0n) is 28.4. The second-order valence-corrected chi connectivity index (χ2v) is 13.4. The Hall–Kier alpha value is -6.06. The van der Waals surface area contributed by atoms with Crippen molar-refractivity contribution in [2.45, 2.75) is 25.4 Å². The molecule has 3 heteroatoms. The largest absolute Gasteiger partial charge is 0.497 e. The molecule has 0 amide bonds. The van der Waals surface area contributed by atoms with Gasteiger partial charge in [-0.15, -0.1) is 0 Å². The lowest BCUT2D eigenvalue weighted by Gasteiger charge is -2.38. The molecule has 1 heterocycles. The normalized spacial score (nSPS) is 15.4. The average molecular weight is 648 g/mol. The minimum atomic E-state index is -0.873. The summed E-state index contributed by atoms with van der Waals surface area (Å²) < 4.78 is 13.1. The molecular weight excluding hydrogens is 611 g/mol. The van der Waals surface area contributed by atoms with Gasteiger partial charge in [0, 0.05) is 44.5 Å². The molecule has 0 fully saturated rings. The first-order chi connectivity index (χ1) is 24.6. The van der Waals surface area contributed by atoms with Gasteiger partial charge in [-0.25, -0.2) is 0 Å². The van der Waals surface area contributed by atoms with Gasteiger partial charge < -0.3 is 14.4 Å². The second-order valence-electron chi connectivity index (χ2n) is 13.4. The molecule has 1 aliphatic heterocycles. The first kappa shape index (κ1) is 30.0. The van der Waals surface area contributed by atoms with Crippen LogP contribution in [0.2, 0.25) is 0 Å². The van der Waals surface area contributed by atoms with E-state index in [-0.39, 0.29) is 0 Å². The van der Waals surface area contributed by atoms with E-state index in [9.17, 15) is 0 Å². The lowest BCUT2D eigenvalue weighted by molar-refractivity contribution is 0.163. The molecule has 3 nitrogen and oxygen atoms in total. The van der Waals surface area contributed by atoms with Crippen molar-refractivity contribution in [3.05, 3.63) is 180 Å². The highest BCUT2D eigenvalue weighted by Crippen LogP contribution is 2.57. The molecule has 1 unspecified atom stereocenters. The van der Waals surface area contributed by atoms with Gasteiger partial charge in [0.1, 0.15) is 11.5 Å². The van der Waals surface area contributed by atoms with Crippen LogP contribution in [0.25, 0.3) is 39.1 Å². The number of anilines is 3. The monoisotopic (exact) mass is 647 g/mol. The summed E-state index contributed by atoms with van der Waals surface area (Å²) >= 11 is 0. The number of methoxy groups -OCH3 is 1. The molecule has 242 valence electrons. The third kappa shape index (κ3) is 4.58. The highest BCUT2D eigenvalue weighted by atomic mass is 16.5. The summed E-state index contributed by atoms with van der Waals surface area (Å²) in [7, 11) is 1.70. The van der Waals surface area contributed by atoms with Crippen molar-refractivity contribution in [3.63, 3.8) is 0 Å². The van der Waals surface area contributed by atoms with Crippen LogP contribution in [0.3, 0.4) is 0 Å². The molecule has 1 atom stereocenters. The minimum Gasteiger partial charge on any atom is -0.497 e. The molecule has 0 aromatic heterocycles. The van der Waals surface area contributed by atoms with Gasteiger partial charge in [0.25, 0.3) is 0 Å². The van der Waals surface area contributed by atoms with E-state index in [1.165, 1.54) is 33.2 Å². The van der Waals surface area contributed by atoms with Gasteiger partial charge in [-0.1, -0.05) is 123 Å². The van der Waals surface area contributed by atoms with Crippen LogP contribution in [-0.2, 0) is 5.60 Å². The van der Waals surface area contributed by atoms with Crippen LogP contribution in [0.1, 0.15) is 42.0 Å². The van der Waals surface area contributed by atoms with Crippen LogP contribution in [0.15, 0.2) is 158 Å². The van der Waals surface area contributed by atoms with E-state index in [2.05, 4.69) is 170 Å². The smallest absolute Gasteiger partial charge is 0.178 e. The third-order valence-electron chi connectivity index (χ3n) is 10.3. The van der Waals surface area contributed by atoms with Gasteiger partial charge in [0.15, 0.2) is 5.60 Å². The molecule has 2 aliphatic rings. The van der Waals surface area contributed by atoms with Gasteiger partial charge in [-0.3, -0.25) is 0 Å². The number of para-hydroxylation sites is 2. The second kappa shape index (κ2) is 11.8. The first-order valence-electron chi connectivity index (χ1n) is 17.3. The molecule has 0 spiro atoms. The molecular formula is C47H37NO2. The Morgan fingerprint density at radius 1 is 0.580 bits per heavy atom. The fourth-order valence-corrected chi connectivity index (χ4v) is 8.03. The summed E-state index contributed by atoms with van der Waals surface area (Å²) in [5.74, 6) is 2.04. The van der Waals surface area contributed by atoms with Crippen LogP contribution < -0.4 is 14.4 Å². The van der Waals surface area contributed by atoms with Crippen LogP contribution >= 0.6 is 0 Å². The standard InChI is InChI=1S/C47H37NO2/c1-31(2)43-42-29-30-47(33-23-27-37(49-3)28-24-33,50-46(42)41-20-12-19-39-38-17-10-11-18-40(38)45(43)44(39)41)32-21-25-36(26-22-32)48(34-13-6-4-7-14-34)35-15-8-5-9-16-35/h4-31H,1-3H3. The third-order valence-corrected chi connectivity index (χ3v) is 10.3. The summed E-state index contributed by atoms with van der Waals surface area (Å²) in [5, 5.41) is 2.43. The van der Waals surface area contributed by atoms with Crippen molar-refractivity contribution in [2.75, 3.05) is 12.0 Å². The van der Waals surface area contributed by atoms with Crippen molar-refractivity contribution in [1.29, 1.82) is 0 Å². The number of rotatable bonds is 7. The highest BCUT2D eigenvalue weighted by molar-refractivity contribution is 6.19. The molecule has 0 bridgehead atoms. The Morgan fingerprint density at radius 2 is 1.14 bits per heavy atom. The molecule has 0 N–H and O–H groups in total. The van der Waals surface area contributed by atoms with Crippen LogP contribution in [0, 0.1) is 0 Å². The van der Waals surface area contributed by atoms with Crippen molar-refractivity contribution in [3.8, 4) is 33.8 Å². The molecule has 7 aromatic carbocycles. The topological polar surface area (TPSA) is 21.7 Å². The summed E-state index contributed by atoms with van der Waals surface area (Å²) in [4.78, 5) is 2.29. The summed E-state index contributed by atoms with van der Waals surface area (Å²) in [6, 6.07) is 53.6. The van der Waals surface area contributed by atoms with E-state index in [4.69, 9.17) is 9.47 Å². The minimum absolute atomic E-state index is 0.297. The van der Waals surface area contributed by atoms with Gasteiger partial charge in [-0.2, -0.15) is 0 Å². The van der Waals surface area contributed by atoms with E-state index >= 15 is 0 Å². The van der Waals surface area contributed by atoms with E-state index in [1.54, 1.807) is 7.11 Å². The number of ether oxygens (including phenoxy) is 2. The van der Waals surface area contributed by atoms with Crippen molar-refractivity contribution < 1.29 is 9.47 Å². The fraction of sp³-hybridized carbons (Fsp3) is 0.106. The quantitative estimate of drug-likeness (QED) is 0.172. The Balaban J connectivity index is 1.24. The highest BCUT2D eigenvalue weighted by Gasteiger charge is 2.40. The predicted octanol–water partition coefficient (Wildman–Crippen LogP) is 12.4. The molecule has 9 rings (SSSR count). The summed E-state index contributed by atoms with van der Waals surface area (Å²) in [6.07, 6.45) is 4.57. The number of benzene rings is 7. The summed E-state index contributed by atoms with van der Waals surface area (Å²) in [5.41, 5.74) is 12.2. The Labute approximate surface area is 293 Å². The molecule has 0 saturated carbocycles. The predicted molar refractivity (Wildman–Crippen MR) is 207 cm³/mol. The first-order valence-corrected chi connectivity index (χ1v) is 17.3. The van der Waals surface area contributed by atoms with Crippen molar-refractivity contribution in [1.82, 2.24) is 0 Å². The Bertz CT molecular complexity index is 2360. The summed E-state index contributed by atoms with van der Waals surface area (Å²) in [6.45, 7) is 4.59. The van der Waals surface area contributed by atoms with Gasteiger partial charge >= 0.3 is 0 Å². The molecule has 1 aliphatic carbocycles. The van der Waals surface area contributed by atoms with Crippen LogP contribution in [-0.4, -0.2) is 7.11 Å². The Morgan fingerprint density at radius 3 is 1.76 bits per heavy atom. The van der Waals surface area contributed by atoms with Crippen LogP contribution in [0.4, 0.5) is 17.1 Å². The van der Waals surface area contributed by atoms with E-state index in [0.29, 0.717) is 5.92 Å². The SMILES string of the molecule is COc1ccc(C2(c3ccc(N(c4ccccc4)c4ccccc4)cc3)C=Cc3c(C(C)C)c4c5c(cccc5c3O2)-c2ccccc2-4)cc1. The lowest BCUT2D eigenvalue weighted by atomic mass is 9.80. The zero-order chi connectivity index (χ0) is 33.8. The van der Waals surface area contributed by atoms with E-state index in [0.717, 1.165) is 50.6 Å². The van der Waals surface area contributed by atoms with Gasteiger partial charge in [0.05, 0.1) is 7.11 Å². The fourth-order valence-electron chi connectivity index (χ4n) is 8.03. The number of fused-ring (bicyclic) bond motifs is 5. The molecule has 0 radical (unpaired) electrons. The molecule has 50 heavy (non-hydrogen) atoms. The van der Waals surface area contributed by atoms with Crippen molar-refractivity contribution in [2.24, 2.45) is 0 Å². The molecule has 0 saturated heterocycles. The van der Waals surface area contributed by atoms with E-state index in [1.807, 2.05) is 12.1 Å².